The van der Waals surface area contributed by atoms with E-state index in [0.717, 1.165) is 16.8 Å². The molecule has 1 unspecified atom stereocenters. The van der Waals surface area contributed by atoms with Gasteiger partial charge in [-0.05, 0) is 55.0 Å². The molecule has 0 saturated heterocycles. The van der Waals surface area contributed by atoms with Crippen LogP contribution in [0.1, 0.15) is 29.0 Å². The second-order valence-corrected chi connectivity index (χ2v) is 7.49. The Morgan fingerprint density at radius 2 is 1.76 bits per heavy atom. The largest absolute Gasteiger partial charge is 0.344 e. The highest BCUT2D eigenvalue weighted by atomic mass is 35.5. The Kier molecular flexibility index (Phi) is 5.43. The Balaban J connectivity index is 1.45. The monoisotopic (exact) mass is 424 g/mol. The SMILES string of the molecule is CC(NC(=O)c1cc(-c2ccc(Cl)c(Cl)c2)n[nH]1)c1ccc(-n2cccc2)cc1. The number of hydrogen-bond donors (Lipinski definition) is 2. The van der Waals surface area contributed by atoms with Crippen molar-refractivity contribution in [3.63, 3.8) is 0 Å². The summed E-state index contributed by atoms with van der Waals surface area (Å²) in [4.78, 5) is 12.6. The summed E-state index contributed by atoms with van der Waals surface area (Å²) >= 11 is 12.0. The normalized spacial score (nSPS) is 12.0. The summed E-state index contributed by atoms with van der Waals surface area (Å²) < 4.78 is 2.03. The smallest absolute Gasteiger partial charge is 0.269 e. The van der Waals surface area contributed by atoms with Crippen molar-refractivity contribution in [1.29, 1.82) is 0 Å². The van der Waals surface area contributed by atoms with E-state index >= 15 is 0 Å². The maximum atomic E-state index is 12.6. The molecular formula is C22H18Cl2N4O. The highest BCUT2D eigenvalue weighted by Gasteiger charge is 2.15. The first-order chi connectivity index (χ1) is 14.0. The van der Waals surface area contributed by atoms with Crippen molar-refractivity contribution in [3.05, 3.63) is 94.4 Å². The second-order valence-electron chi connectivity index (χ2n) is 6.67. The van der Waals surface area contributed by atoms with Gasteiger partial charge in [0.2, 0.25) is 0 Å². The van der Waals surface area contributed by atoms with E-state index in [1.54, 1.807) is 24.3 Å². The molecule has 0 spiro atoms. The van der Waals surface area contributed by atoms with Gasteiger partial charge in [0.05, 0.1) is 21.8 Å². The molecule has 4 aromatic rings. The van der Waals surface area contributed by atoms with Crippen molar-refractivity contribution in [2.45, 2.75) is 13.0 Å². The van der Waals surface area contributed by atoms with Crippen molar-refractivity contribution < 1.29 is 4.79 Å². The van der Waals surface area contributed by atoms with Crippen LogP contribution < -0.4 is 5.32 Å². The number of H-pyrrole nitrogens is 1. The van der Waals surface area contributed by atoms with Crippen LogP contribution in [0.4, 0.5) is 0 Å². The average Bonchev–Trinajstić information content (AvgIpc) is 3.42. The van der Waals surface area contributed by atoms with Gasteiger partial charge in [0.1, 0.15) is 5.69 Å². The standard InChI is InChI=1S/C22H18Cl2N4O/c1-14(15-4-7-17(8-5-15)28-10-2-3-11-28)25-22(29)21-13-20(26-27-21)16-6-9-18(23)19(24)12-16/h2-14H,1H3,(H,25,29)(H,26,27). The number of nitrogens with one attached hydrogen (secondary N) is 2. The highest BCUT2D eigenvalue weighted by molar-refractivity contribution is 6.42. The summed E-state index contributed by atoms with van der Waals surface area (Å²) in [5, 5.41) is 10.9. The number of hydrogen-bond acceptors (Lipinski definition) is 2. The van der Waals surface area contributed by atoms with E-state index in [1.165, 1.54) is 0 Å². The summed E-state index contributed by atoms with van der Waals surface area (Å²) in [5.41, 5.74) is 3.86. The number of nitrogens with zero attached hydrogens (tertiary/aromatic N) is 2. The molecule has 0 aliphatic heterocycles. The fraction of sp³-hybridized carbons (Fsp3) is 0.0909. The molecule has 1 amide bonds. The van der Waals surface area contributed by atoms with Crippen molar-refractivity contribution in [1.82, 2.24) is 20.1 Å². The third-order valence-corrected chi connectivity index (χ3v) is 5.42. The van der Waals surface area contributed by atoms with Crippen molar-refractivity contribution in [2.75, 3.05) is 0 Å². The second kappa shape index (κ2) is 8.15. The fourth-order valence-electron chi connectivity index (χ4n) is 3.04. The maximum absolute atomic E-state index is 12.6. The molecule has 2 N–H and O–H groups in total. The lowest BCUT2D eigenvalue weighted by Gasteiger charge is -2.14. The van der Waals surface area contributed by atoms with Gasteiger partial charge in [-0.1, -0.05) is 41.4 Å². The number of carbonyl (C=O) groups is 1. The average molecular weight is 425 g/mol. The van der Waals surface area contributed by atoms with Gasteiger partial charge in [0.25, 0.3) is 5.91 Å². The molecule has 1 atom stereocenters. The number of aromatic amines is 1. The van der Waals surface area contributed by atoms with E-state index in [4.69, 9.17) is 23.2 Å². The van der Waals surface area contributed by atoms with E-state index in [0.29, 0.717) is 21.4 Å². The van der Waals surface area contributed by atoms with Crippen LogP contribution >= 0.6 is 23.2 Å². The molecule has 5 nitrogen and oxygen atoms in total. The Morgan fingerprint density at radius 3 is 2.45 bits per heavy atom. The Morgan fingerprint density at radius 1 is 1.03 bits per heavy atom. The lowest BCUT2D eigenvalue weighted by Crippen LogP contribution is -2.26. The maximum Gasteiger partial charge on any atom is 0.269 e. The molecule has 146 valence electrons. The van der Waals surface area contributed by atoms with Gasteiger partial charge in [-0.3, -0.25) is 9.89 Å². The van der Waals surface area contributed by atoms with Crippen LogP contribution in [0.5, 0.6) is 0 Å². The number of amides is 1. The van der Waals surface area contributed by atoms with Crippen LogP contribution in [0.25, 0.3) is 16.9 Å². The Labute approximate surface area is 178 Å². The zero-order valence-electron chi connectivity index (χ0n) is 15.6. The molecule has 29 heavy (non-hydrogen) atoms. The van der Waals surface area contributed by atoms with Gasteiger partial charge in [-0.25, -0.2) is 0 Å². The molecule has 2 heterocycles. The minimum Gasteiger partial charge on any atom is -0.344 e. The van der Waals surface area contributed by atoms with Crippen molar-refractivity contribution in [2.24, 2.45) is 0 Å². The van der Waals surface area contributed by atoms with Crippen LogP contribution in [-0.2, 0) is 0 Å². The predicted molar refractivity (Wildman–Crippen MR) is 116 cm³/mol. The fourth-order valence-corrected chi connectivity index (χ4v) is 3.34. The van der Waals surface area contributed by atoms with Gasteiger partial charge in [-0.2, -0.15) is 5.10 Å². The van der Waals surface area contributed by atoms with E-state index in [1.807, 2.05) is 60.3 Å². The van der Waals surface area contributed by atoms with E-state index < -0.39 is 0 Å². The third kappa shape index (κ3) is 4.21. The van der Waals surface area contributed by atoms with Crippen molar-refractivity contribution in [3.8, 4) is 16.9 Å². The third-order valence-electron chi connectivity index (χ3n) is 4.68. The van der Waals surface area contributed by atoms with E-state index in [-0.39, 0.29) is 11.9 Å². The van der Waals surface area contributed by atoms with Crippen LogP contribution in [0.15, 0.2) is 73.1 Å². The number of rotatable bonds is 5. The van der Waals surface area contributed by atoms with Crippen LogP contribution in [0.3, 0.4) is 0 Å². The first-order valence-corrected chi connectivity index (χ1v) is 9.82. The topological polar surface area (TPSA) is 62.7 Å². The molecule has 0 radical (unpaired) electrons. The zero-order valence-corrected chi connectivity index (χ0v) is 17.1. The van der Waals surface area contributed by atoms with Crippen LogP contribution in [0, 0.1) is 0 Å². The molecule has 2 aromatic carbocycles. The molecule has 2 aromatic heterocycles. The number of aromatic nitrogens is 3. The quantitative estimate of drug-likeness (QED) is 0.433. The van der Waals surface area contributed by atoms with Gasteiger partial charge >= 0.3 is 0 Å². The number of carbonyl (C=O) groups excluding carboxylic acids is 1. The minimum absolute atomic E-state index is 0.155. The summed E-state index contributed by atoms with van der Waals surface area (Å²) in [6, 6.07) is 18.8. The molecular weight excluding hydrogens is 407 g/mol. The Hall–Kier alpha value is -3.02. The lowest BCUT2D eigenvalue weighted by atomic mass is 10.1. The summed E-state index contributed by atoms with van der Waals surface area (Å²) in [7, 11) is 0. The van der Waals surface area contributed by atoms with Gasteiger partial charge in [-0.15, -0.1) is 0 Å². The summed E-state index contributed by atoms with van der Waals surface area (Å²) in [5.74, 6) is -0.231. The molecule has 0 saturated carbocycles. The van der Waals surface area contributed by atoms with Gasteiger partial charge in [0, 0.05) is 23.6 Å². The summed E-state index contributed by atoms with van der Waals surface area (Å²) in [6.07, 6.45) is 3.98. The first-order valence-electron chi connectivity index (χ1n) is 9.06. The number of benzene rings is 2. The molecule has 0 fully saturated rings. The Bertz CT molecular complexity index is 1130. The van der Waals surface area contributed by atoms with Crippen LogP contribution in [-0.4, -0.2) is 20.7 Å². The zero-order chi connectivity index (χ0) is 20.4. The molecule has 4 rings (SSSR count). The first kappa shape index (κ1) is 19.3. The van der Waals surface area contributed by atoms with E-state index in [2.05, 4.69) is 15.5 Å². The predicted octanol–water partition coefficient (Wildman–Crippen LogP) is 5.67. The molecule has 0 aliphatic rings. The molecule has 0 aliphatic carbocycles. The lowest BCUT2D eigenvalue weighted by molar-refractivity contribution is 0.0935. The summed E-state index contributed by atoms with van der Waals surface area (Å²) in [6.45, 7) is 1.94. The van der Waals surface area contributed by atoms with E-state index in [9.17, 15) is 4.79 Å². The van der Waals surface area contributed by atoms with Gasteiger partial charge < -0.3 is 9.88 Å². The highest BCUT2D eigenvalue weighted by Crippen LogP contribution is 2.28. The molecule has 7 heteroatoms. The van der Waals surface area contributed by atoms with Gasteiger partial charge in [0.15, 0.2) is 0 Å². The molecule has 0 bridgehead atoms. The minimum atomic E-state index is -0.231. The van der Waals surface area contributed by atoms with Crippen LogP contribution in [0.2, 0.25) is 10.0 Å². The van der Waals surface area contributed by atoms with Crippen molar-refractivity contribution >= 4 is 29.1 Å². The number of halogens is 2.